The van der Waals surface area contributed by atoms with Crippen molar-refractivity contribution in [2.24, 2.45) is 0 Å². The van der Waals surface area contributed by atoms with Crippen LogP contribution in [-0.4, -0.2) is 6.26 Å². The van der Waals surface area contributed by atoms with Gasteiger partial charge in [-0.05, 0) is 52.5 Å². The third-order valence-electron chi connectivity index (χ3n) is 2.43. The molecule has 0 aromatic heterocycles. The maximum atomic E-state index is 9.25. The van der Waals surface area contributed by atoms with Crippen LogP contribution in [0.1, 0.15) is 5.56 Å². The molecule has 0 aliphatic heterocycles. The van der Waals surface area contributed by atoms with Gasteiger partial charge in [-0.3, -0.25) is 0 Å². The van der Waals surface area contributed by atoms with Crippen LogP contribution in [0.5, 0.6) is 11.5 Å². The fraction of sp³-hybridized carbons (Fsp3) is 0.0714. The molecule has 2 aromatic rings. The molecule has 2 nitrogen and oxygen atoms in total. The number of nitriles is 1. The molecule has 0 unspecified atom stereocenters. The molecule has 2 aromatic carbocycles. The highest BCUT2D eigenvalue weighted by atomic mass is 79.9. The van der Waals surface area contributed by atoms with E-state index >= 15 is 0 Å². The zero-order valence-corrected chi connectivity index (χ0v) is 13.1. The number of nitrogens with zero attached hydrogens (tertiary/aromatic N) is 1. The van der Waals surface area contributed by atoms with E-state index in [2.05, 4.69) is 22.0 Å². The number of halogens is 2. The topological polar surface area (TPSA) is 33.0 Å². The number of ether oxygens (including phenoxy) is 1. The monoisotopic (exact) mass is 353 g/mol. The van der Waals surface area contributed by atoms with E-state index in [0.717, 1.165) is 9.37 Å². The largest absolute Gasteiger partial charge is 0.455 e. The Morgan fingerprint density at radius 2 is 2.05 bits per heavy atom. The summed E-state index contributed by atoms with van der Waals surface area (Å²) in [7, 11) is 0. The second-order valence-corrected chi connectivity index (χ2v) is 5.76. The van der Waals surface area contributed by atoms with Gasteiger partial charge in [0.2, 0.25) is 0 Å². The molecule has 0 aliphatic rings. The van der Waals surface area contributed by atoms with Gasteiger partial charge in [0, 0.05) is 9.92 Å². The van der Waals surface area contributed by atoms with Crippen molar-refractivity contribution in [1.29, 1.82) is 5.26 Å². The summed E-state index contributed by atoms with van der Waals surface area (Å²) >= 11 is 10.8. The van der Waals surface area contributed by atoms with Crippen LogP contribution in [0.2, 0.25) is 5.02 Å². The van der Waals surface area contributed by atoms with Crippen molar-refractivity contribution in [1.82, 2.24) is 0 Å². The Labute approximate surface area is 129 Å². The molecule has 0 radical (unpaired) electrons. The summed E-state index contributed by atoms with van der Waals surface area (Å²) < 4.78 is 6.54. The molecule has 0 N–H and O–H groups in total. The Morgan fingerprint density at radius 1 is 1.26 bits per heavy atom. The van der Waals surface area contributed by atoms with Crippen LogP contribution in [0.25, 0.3) is 0 Å². The van der Waals surface area contributed by atoms with Crippen LogP contribution in [0.3, 0.4) is 0 Å². The smallest absolute Gasteiger partial charge is 0.146 e. The highest BCUT2D eigenvalue weighted by Crippen LogP contribution is 2.35. The first kappa shape index (κ1) is 14.3. The van der Waals surface area contributed by atoms with Gasteiger partial charge in [0.25, 0.3) is 0 Å². The lowest BCUT2D eigenvalue weighted by Gasteiger charge is -2.11. The molecule has 0 heterocycles. The van der Waals surface area contributed by atoms with Gasteiger partial charge in [0.05, 0.1) is 4.47 Å². The van der Waals surface area contributed by atoms with Gasteiger partial charge in [-0.1, -0.05) is 17.7 Å². The predicted octanol–water partition coefficient (Wildman–Crippen LogP) is 5.49. The minimum Gasteiger partial charge on any atom is -0.455 e. The van der Waals surface area contributed by atoms with Crippen LogP contribution in [-0.2, 0) is 0 Å². The van der Waals surface area contributed by atoms with E-state index in [4.69, 9.17) is 16.3 Å². The molecular weight excluding hydrogens is 346 g/mol. The Hall–Kier alpha value is -1.15. The van der Waals surface area contributed by atoms with Crippen LogP contribution in [0.4, 0.5) is 0 Å². The van der Waals surface area contributed by atoms with Crippen LogP contribution in [0, 0.1) is 11.3 Å². The van der Waals surface area contributed by atoms with E-state index in [0.29, 0.717) is 22.1 Å². The minimum absolute atomic E-state index is 0.539. The van der Waals surface area contributed by atoms with Crippen molar-refractivity contribution in [3.63, 3.8) is 0 Å². The number of thioether (sulfide) groups is 1. The molecule has 0 bridgehead atoms. The van der Waals surface area contributed by atoms with E-state index in [1.807, 2.05) is 18.4 Å². The Balaban J connectivity index is 2.41. The number of benzene rings is 2. The number of rotatable bonds is 3. The van der Waals surface area contributed by atoms with Crippen molar-refractivity contribution >= 4 is 39.3 Å². The number of hydrogen-bond acceptors (Lipinski definition) is 3. The summed E-state index contributed by atoms with van der Waals surface area (Å²) in [6, 6.07) is 13.0. The second kappa shape index (κ2) is 6.33. The van der Waals surface area contributed by atoms with E-state index in [-0.39, 0.29) is 0 Å². The lowest BCUT2D eigenvalue weighted by molar-refractivity contribution is 0.476. The molecule has 0 amide bonds. The zero-order chi connectivity index (χ0) is 13.8. The third-order valence-corrected chi connectivity index (χ3v) is 4.07. The molecule has 0 aliphatic carbocycles. The molecule has 0 saturated carbocycles. The summed E-state index contributed by atoms with van der Waals surface area (Å²) in [6.45, 7) is 0. The normalized spacial score (nSPS) is 10.0. The molecule has 0 fully saturated rings. The highest BCUT2D eigenvalue weighted by Gasteiger charge is 2.11. The summed E-state index contributed by atoms with van der Waals surface area (Å²) in [4.78, 5) is 0.894. The van der Waals surface area contributed by atoms with Gasteiger partial charge < -0.3 is 4.74 Å². The quantitative estimate of drug-likeness (QED) is 0.683. The summed E-state index contributed by atoms with van der Waals surface area (Å²) in [5.41, 5.74) is 0.539. The first-order chi connectivity index (χ1) is 9.15. The fourth-order valence-corrected chi connectivity index (χ4v) is 2.88. The molecule has 0 atom stereocenters. The van der Waals surface area contributed by atoms with Gasteiger partial charge in [0.15, 0.2) is 0 Å². The summed E-state index contributed by atoms with van der Waals surface area (Å²) in [5.74, 6) is 1.16. The van der Waals surface area contributed by atoms with Crippen LogP contribution < -0.4 is 4.74 Å². The van der Waals surface area contributed by atoms with Gasteiger partial charge in [-0.25, -0.2) is 0 Å². The van der Waals surface area contributed by atoms with Crippen molar-refractivity contribution in [2.75, 3.05) is 6.26 Å². The van der Waals surface area contributed by atoms with E-state index < -0.39 is 0 Å². The lowest BCUT2D eigenvalue weighted by atomic mass is 10.2. The Bertz CT molecular complexity index is 654. The molecule has 19 heavy (non-hydrogen) atoms. The zero-order valence-electron chi connectivity index (χ0n) is 9.98. The molecule has 2 rings (SSSR count). The van der Waals surface area contributed by atoms with Crippen LogP contribution >= 0.6 is 39.3 Å². The molecule has 96 valence electrons. The number of hydrogen-bond donors (Lipinski definition) is 0. The Morgan fingerprint density at radius 3 is 2.68 bits per heavy atom. The highest BCUT2D eigenvalue weighted by molar-refractivity contribution is 9.10. The maximum Gasteiger partial charge on any atom is 0.146 e. The predicted molar refractivity (Wildman–Crippen MR) is 82.2 cm³/mol. The molecule has 5 heteroatoms. The van der Waals surface area contributed by atoms with Crippen molar-refractivity contribution in [2.45, 2.75) is 4.90 Å². The fourth-order valence-electron chi connectivity index (χ4n) is 1.55. The van der Waals surface area contributed by atoms with Gasteiger partial charge in [0.1, 0.15) is 23.1 Å². The van der Waals surface area contributed by atoms with Crippen molar-refractivity contribution in [3.8, 4) is 17.6 Å². The molecule has 0 spiro atoms. The lowest BCUT2D eigenvalue weighted by Crippen LogP contribution is -1.91. The first-order valence-corrected chi connectivity index (χ1v) is 7.75. The van der Waals surface area contributed by atoms with Gasteiger partial charge >= 0.3 is 0 Å². The van der Waals surface area contributed by atoms with E-state index in [1.165, 1.54) is 11.8 Å². The van der Waals surface area contributed by atoms with Crippen molar-refractivity contribution < 1.29 is 4.74 Å². The standard InChI is InChI=1S/C14H9BrClNOS/c1-19-14-4-2-3-12(10(14)8-17)18-13-6-5-9(16)7-11(13)15/h2-7H,1H3. The SMILES string of the molecule is CSc1cccc(Oc2ccc(Cl)cc2Br)c1C#N. The van der Waals surface area contributed by atoms with E-state index in [9.17, 15) is 5.26 Å². The molecular formula is C14H9BrClNOS. The first-order valence-electron chi connectivity index (χ1n) is 5.35. The second-order valence-electron chi connectivity index (χ2n) is 3.62. The average Bonchev–Trinajstić information content (AvgIpc) is 2.41. The summed E-state index contributed by atoms with van der Waals surface area (Å²) in [6.07, 6.45) is 1.93. The maximum absolute atomic E-state index is 9.25. The van der Waals surface area contributed by atoms with Gasteiger partial charge in [-0.2, -0.15) is 5.26 Å². The summed E-state index contributed by atoms with van der Waals surface area (Å²) in [5, 5.41) is 9.87. The van der Waals surface area contributed by atoms with Crippen molar-refractivity contribution in [3.05, 3.63) is 51.5 Å². The van der Waals surface area contributed by atoms with Crippen LogP contribution in [0.15, 0.2) is 45.8 Å². The van der Waals surface area contributed by atoms with E-state index in [1.54, 1.807) is 24.3 Å². The molecule has 0 saturated heterocycles. The van der Waals surface area contributed by atoms with Gasteiger partial charge in [-0.15, -0.1) is 11.8 Å². The average molecular weight is 355 g/mol. The Kier molecular flexibility index (Phi) is 4.76. The third kappa shape index (κ3) is 3.24. The minimum atomic E-state index is 0.539.